The lowest BCUT2D eigenvalue weighted by molar-refractivity contribution is 0.252. The van der Waals surface area contributed by atoms with E-state index in [4.69, 9.17) is 23.2 Å². The van der Waals surface area contributed by atoms with Crippen LogP contribution in [0.4, 0.5) is 10.5 Å². The molecule has 0 aliphatic heterocycles. The van der Waals surface area contributed by atoms with Crippen LogP contribution in [0.25, 0.3) is 9.88 Å². The van der Waals surface area contributed by atoms with E-state index in [1.807, 2.05) is 24.4 Å². The number of anilines is 1. The van der Waals surface area contributed by atoms with E-state index in [2.05, 4.69) is 15.6 Å². The van der Waals surface area contributed by atoms with Gasteiger partial charge >= 0.3 is 6.03 Å². The Morgan fingerprint density at radius 2 is 2.12 bits per heavy atom. The molecule has 2 amide bonds. The van der Waals surface area contributed by atoms with Gasteiger partial charge in [0.05, 0.1) is 27.8 Å². The fraction of sp³-hybridized carbons (Fsp3) is 0.125. The molecule has 0 bridgehead atoms. The molecule has 0 saturated carbocycles. The number of halogens is 2. The normalized spacial score (nSPS) is 10.6. The van der Waals surface area contributed by atoms with E-state index >= 15 is 0 Å². The number of hydrogen-bond donors (Lipinski definition) is 2. The van der Waals surface area contributed by atoms with Crippen LogP contribution in [0, 0.1) is 6.92 Å². The van der Waals surface area contributed by atoms with E-state index in [9.17, 15) is 4.79 Å². The molecule has 2 aromatic heterocycles. The van der Waals surface area contributed by atoms with Gasteiger partial charge in [-0.2, -0.15) is 0 Å². The summed E-state index contributed by atoms with van der Waals surface area (Å²) in [5, 5.41) is 9.44. The molecular formula is C16H13Cl2N3OS2. The van der Waals surface area contributed by atoms with Gasteiger partial charge in [0.15, 0.2) is 0 Å². The number of benzene rings is 1. The van der Waals surface area contributed by atoms with Crippen molar-refractivity contribution in [2.24, 2.45) is 0 Å². The van der Waals surface area contributed by atoms with Crippen molar-refractivity contribution in [2.45, 2.75) is 13.5 Å². The number of nitrogens with one attached hydrogen (secondary N) is 2. The van der Waals surface area contributed by atoms with Crippen LogP contribution in [0.3, 0.4) is 0 Å². The van der Waals surface area contributed by atoms with Gasteiger partial charge in [0.1, 0.15) is 5.01 Å². The maximum absolute atomic E-state index is 12.0. The molecule has 0 radical (unpaired) electrons. The third-order valence-electron chi connectivity index (χ3n) is 3.21. The molecule has 0 unspecified atom stereocenters. The maximum atomic E-state index is 12.0. The molecule has 0 saturated heterocycles. The van der Waals surface area contributed by atoms with Gasteiger partial charge in [0.2, 0.25) is 0 Å². The number of hydrogen-bond acceptors (Lipinski definition) is 4. The summed E-state index contributed by atoms with van der Waals surface area (Å²) in [5.74, 6) is 0. The lowest BCUT2D eigenvalue weighted by Crippen LogP contribution is -2.28. The molecule has 0 aliphatic carbocycles. The summed E-state index contributed by atoms with van der Waals surface area (Å²) in [6.07, 6.45) is 0. The molecule has 0 aliphatic rings. The van der Waals surface area contributed by atoms with Gasteiger partial charge in [-0.1, -0.05) is 29.3 Å². The minimum atomic E-state index is -0.329. The number of rotatable bonds is 4. The second kappa shape index (κ2) is 7.53. The van der Waals surface area contributed by atoms with Gasteiger partial charge in [-0.05, 0) is 36.6 Å². The minimum Gasteiger partial charge on any atom is -0.333 e. The third kappa shape index (κ3) is 4.08. The van der Waals surface area contributed by atoms with E-state index < -0.39 is 0 Å². The number of carbonyl (C=O) groups excluding carboxylic acids is 1. The van der Waals surface area contributed by atoms with Crippen LogP contribution in [0.1, 0.15) is 10.6 Å². The lowest BCUT2D eigenvalue weighted by atomic mass is 10.3. The van der Waals surface area contributed by atoms with Crippen molar-refractivity contribution >= 4 is 57.6 Å². The largest absolute Gasteiger partial charge is 0.333 e. The van der Waals surface area contributed by atoms with Crippen LogP contribution in [-0.2, 0) is 6.54 Å². The van der Waals surface area contributed by atoms with Crippen molar-refractivity contribution in [3.8, 4) is 9.88 Å². The van der Waals surface area contributed by atoms with E-state index in [0.717, 1.165) is 20.5 Å². The first-order valence-corrected chi connectivity index (χ1v) is 9.48. The summed E-state index contributed by atoms with van der Waals surface area (Å²) in [4.78, 5) is 18.8. The van der Waals surface area contributed by atoms with Crippen molar-refractivity contribution in [3.05, 3.63) is 56.3 Å². The Kier molecular flexibility index (Phi) is 5.40. The van der Waals surface area contributed by atoms with Gasteiger partial charge in [0, 0.05) is 9.90 Å². The van der Waals surface area contributed by atoms with Gasteiger partial charge < -0.3 is 10.6 Å². The molecule has 8 heteroatoms. The van der Waals surface area contributed by atoms with E-state index in [1.54, 1.807) is 40.9 Å². The Balaban J connectivity index is 1.62. The zero-order valence-corrected chi connectivity index (χ0v) is 15.7. The molecule has 0 atom stereocenters. The van der Waals surface area contributed by atoms with Gasteiger partial charge in [-0.3, -0.25) is 0 Å². The molecule has 24 heavy (non-hydrogen) atoms. The highest BCUT2D eigenvalue weighted by molar-refractivity contribution is 7.21. The number of carbonyl (C=O) groups is 1. The van der Waals surface area contributed by atoms with Crippen LogP contribution < -0.4 is 10.6 Å². The van der Waals surface area contributed by atoms with Crippen molar-refractivity contribution in [3.63, 3.8) is 0 Å². The number of aromatic nitrogens is 1. The number of aryl methyl sites for hydroxylation is 1. The number of amides is 2. The summed E-state index contributed by atoms with van der Waals surface area (Å²) >= 11 is 15.1. The molecule has 0 spiro atoms. The van der Waals surface area contributed by atoms with E-state index in [-0.39, 0.29) is 6.03 Å². The van der Waals surface area contributed by atoms with Crippen LogP contribution in [-0.4, -0.2) is 11.0 Å². The first-order chi connectivity index (χ1) is 11.5. The van der Waals surface area contributed by atoms with E-state index in [1.165, 1.54) is 0 Å². The van der Waals surface area contributed by atoms with Crippen molar-refractivity contribution in [1.29, 1.82) is 0 Å². The topological polar surface area (TPSA) is 54.0 Å². The molecule has 1 aromatic carbocycles. The average Bonchev–Trinajstić information content (AvgIpc) is 3.17. The molecule has 2 N–H and O–H groups in total. The Hall–Kier alpha value is -1.60. The Morgan fingerprint density at radius 3 is 2.83 bits per heavy atom. The summed E-state index contributed by atoms with van der Waals surface area (Å²) in [6.45, 7) is 2.35. The lowest BCUT2D eigenvalue weighted by Gasteiger charge is -2.08. The van der Waals surface area contributed by atoms with Gasteiger partial charge in [0.25, 0.3) is 0 Å². The van der Waals surface area contributed by atoms with Crippen LogP contribution in [0.2, 0.25) is 10.0 Å². The summed E-state index contributed by atoms with van der Waals surface area (Å²) in [7, 11) is 0. The zero-order chi connectivity index (χ0) is 17.1. The monoisotopic (exact) mass is 397 g/mol. The smallest absolute Gasteiger partial charge is 0.319 e. The molecule has 0 fully saturated rings. The van der Waals surface area contributed by atoms with Crippen molar-refractivity contribution in [1.82, 2.24) is 10.3 Å². The SMILES string of the molecule is Cc1nc(-c2cccs2)sc1CNC(=O)Nc1ccc(Cl)cc1Cl. The predicted octanol–water partition coefficient (Wildman–Crippen LogP) is 5.81. The van der Waals surface area contributed by atoms with E-state index in [0.29, 0.717) is 22.3 Å². The van der Waals surface area contributed by atoms with Gasteiger partial charge in [-0.15, -0.1) is 22.7 Å². The highest BCUT2D eigenvalue weighted by Crippen LogP contribution is 2.31. The zero-order valence-electron chi connectivity index (χ0n) is 12.6. The Bertz CT molecular complexity index is 862. The summed E-state index contributed by atoms with van der Waals surface area (Å²) < 4.78 is 0. The average molecular weight is 398 g/mol. The third-order valence-corrected chi connectivity index (χ3v) is 5.96. The highest BCUT2D eigenvalue weighted by Gasteiger charge is 2.12. The summed E-state index contributed by atoms with van der Waals surface area (Å²) in [5.41, 5.74) is 1.44. The Labute approximate surface area is 157 Å². The molecule has 3 aromatic rings. The molecule has 2 heterocycles. The van der Waals surface area contributed by atoms with Crippen LogP contribution in [0.15, 0.2) is 35.7 Å². The van der Waals surface area contributed by atoms with Crippen LogP contribution in [0.5, 0.6) is 0 Å². The number of thiazole rings is 1. The number of urea groups is 1. The molecule has 4 nitrogen and oxygen atoms in total. The number of nitrogens with zero attached hydrogens (tertiary/aromatic N) is 1. The van der Waals surface area contributed by atoms with Gasteiger partial charge in [-0.25, -0.2) is 9.78 Å². The minimum absolute atomic E-state index is 0.329. The first-order valence-electron chi connectivity index (χ1n) is 7.03. The quantitative estimate of drug-likeness (QED) is 0.583. The van der Waals surface area contributed by atoms with Crippen molar-refractivity contribution < 1.29 is 4.79 Å². The maximum Gasteiger partial charge on any atom is 0.319 e. The molecule has 124 valence electrons. The molecular weight excluding hydrogens is 385 g/mol. The highest BCUT2D eigenvalue weighted by atomic mass is 35.5. The van der Waals surface area contributed by atoms with Crippen molar-refractivity contribution in [2.75, 3.05) is 5.32 Å². The fourth-order valence-electron chi connectivity index (χ4n) is 2.02. The van der Waals surface area contributed by atoms with Crippen LogP contribution >= 0.6 is 45.9 Å². The fourth-order valence-corrected chi connectivity index (χ4v) is 4.27. The second-order valence-corrected chi connectivity index (χ2v) is 7.81. The Morgan fingerprint density at radius 1 is 1.29 bits per heavy atom. The summed E-state index contributed by atoms with van der Waals surface area (Å²) in [6, 6.07) is 8.62. The first kappa shape index (κ1) is 17.2. The predicted molar refractivity (Wildman–Crippen MR) is 102 cm³/mol. The second-order valence-electron chi connectivity index (χ2n) is 4.94. The molecule has 3 rings (SSSR count). The standard InChI is InChI=1S/C16H13Cl2N3OS2/c1-9-14(24-15(20-9)13-3-2-6-23-13)8-19-16(22)21-12-5-4-10(17)7-11(12)18/h2-7H,8H2,1H3,(H2,19,21,22). The number of thiophene rings is 1.